The molecule has 10 rings (SSSR count). The summed E-state index contributed by atoms with van der Waals surface area (Å²) < 4.78 is 15.7. The van der Waals surface area contributed by atoms with Crippen LogP contribution in [0.4, 0.5) is 0 Å². The molecule has 0 aliphatic carbocycles. The van der Waals surface area contributed by atoms with Gasteiger partial charge in [0, 0.05) is 43.1 Å². The summed E-state index contributed by atoms with van der Waals surface area (Å²) in [6, 6.07) is 37.0. The fraction of sp³-hybridized carbons (Fsp3) is 0.0526. The summed E-state index contributed by atoms with van der Waals surface area (Å²) in [6.45, 7) is 4.41. The first-order valence-corrected chi connectivity index (χ1v) is 14.1. The molecule has 0 atom stereocenters. The van der Waals surface area contributed by atoms with Crippen molar-refractivity contribution < 1.29 is 8.83 Å². The van der Waals surface area contributed by atoms with E-state index in [1.165, 1.54) is 49.3 Å². The van der Waals surface area contributed by atoms with E-state index in [1.54, 1.807) is 0 Å². The summed E-state index contributed by atoms with van der Waals surface area (Å²) >= 11 is 0. The lowest BCUT2D eigenvalue weighted by molar-refractivity contribution is 0.670. The molecule has 4 heterocycles. The van der Waals surface area contributed by atoms with Crippen molar-refractivity contribution in [2.45, 2.75) is 13.8 Å². The van der Waals surface area contributed by atoms with Crippen LogP contribution in [0, 0.1) is 13.8 Å². The highest BCUT2D eigenvalue weighted by Gasteiger charge is 2.25. The van der Waals surface area contributed by atoms with E-state index in [0.717, 1.165) is 54.9 Å². The standard InChI is InChI=1S/C38H23NO2/c1-20-8-7-9-21(2)33(20)22-18-29-25-14-16-27-23-10-3-5-12-31(23)40-37(27)35(25)39-34(29)30(19-22)26-15-17-28-24-11-4-6-13-32(24)41-38(28)36(26)39/h3-19H,1-2H3. The van der Waals surface area contributed by atoms with E-state index in [1.807, 2.05) is 12.1 Å². The van der Waals surface area contributed by atoms with Crippen molar-refractivity contribution in [3.63, 3.8) is 0 Å². The van der Waals surface area contributed by atoms with Gasteiger partial charge in [0.15, 0.2) is 11.2 Å². The summed E-state index contributed by atoms with van der Waals surface area (Å²) in [5, 5.41) is 9.40. The smallest absolute Gasteiger partial charge is 0.160 e. The third-order valence-corrected chi connectivity index (χ3v) is 9.17. The molecular formula is C38H23NO2. The zero-order valence-corrected chi connectivity index (χ0v) is 22.6. The number of furan rings is 2. The highest BCUT2D eigenvalue weighted by molar-refractivity contribution is 6.32. The molecule has 0 aliphatic rings. The zero-order chi connectivity index (χ0) is 27.0. The summed E-state index contributed by atoms with van der Waals surface area (Å²) in [5.74, 6) is 0. The summed E-state index contributed by atoms with van der Waals surface area (Å²) in [6.07, 6.45) is 0. The van der Waals surface area contributed by atoms with Crippen LogP contribution in [0.25, 0.3) is 93.1 Å². The summed E-state index contributed by atoms with van der Waals surface area (Å²) in [5.41, 5.74) is 12.2. The maximum atomic E-state index is 6.65. The molecule has 0 saturated heterocycles. The Morgan fingerprint density at radius 1 is 0.439 bits per heavy atom. The first-order valence-electron chi connectivity index (χ1n) is 14.1. The second kappa shape index (κ2) is 7.26. The molecule has 0 saturated carbocycles. The van der Waals surface area contributed by atoms with Crippen LogP contribution in [0.2, 0.25) is 0 Å². The molecule has 0 N–H and O–H groups in total. The average Bonchev–Trinajstić information content (AvgIpc) is 3.72. The lowest BCUT2D eigenvalue weighted by Gasteiger charge is -2.11. The van der Waals surface area contributed by atoms with E-state index >= 15 is 0 Å². The zero-order valence-electron chi connectivity index (χ0n) is 22.6. The quantitative estimate of drug-likeness (QED) is 0.213. The van der Waals surface area contributed by atoms with Gasteiger partial charge < -0.3 is 13.2 Å². The largest absolute Gasteiger partial charge is 0.454 e. The molecule has 0 unspecified atom stereocenters. The SMILES string of the molecule is Cc1cccc(C)c1-c1cc2c3ccc4c5ccccc5oc4c3n3c2c(c1)c1ccc2c4ccccc4oc2c13. The van der Waals surface area contributed by atoms with Crippen LogP contribution in [0.3, 0.4) is 0 Å². The van der Waals surface area contributed by atoms with E-state index in [4.69, 9.17) is 8.83 Å². The lowest BCUT2D eigenvalue weighted by atomic mass is 9.93. The predicted molar refractivity (Wildman–Crippen MR) is 171 cm³/mol. The molecule has 0 bridgehead atoms. The Labute approximate surface area is 234 Å². The van der Waals surface area contributed by atoms with Crippen LogP contribution in [0.15, 0.2) is 112 Å². The van der Waals surface area contributed by atoms with Gasteiger partial charge in [-0.1, -0.05) is 66.7 Å². The first kappa shape index (κ1) is 21.5. The molecule has 0 radical (unpaired) electrons. The highest BCUT2D eigenvalue weighted by Crippen LogP contribution is 2.47. The van der Waals surface area contributed by atoms with Crippen LogP contribution in [-0.2, 0) is 0 Å². The van der Waals surface area contributed by atoms with Crippen molar-refractivity contribution >= 4 is 82.0 Å². The number of benzene rings is 6. The van der Waals surface area contributed by atoms with Crippen LogP contribution in [0.5, 0.6) is 0 Å². The molecular weight excluding hydrogens is 502 g/mol. The second-order valence-electron chi connectivity index (χ2n) is 11.4. The number of hydrogen-bond acceptors (Lipinski definition) is 2. The van der Waals surface area contributed by atoms with E-state index in [0.29, 0.717) is 0 Å². The number of para-hydroxylation sites is 2. The minimum Gasteiger partial charge on any atom is -0.454 e. The van der Waals surface area contributed by atoms with Crippen LogP contribution in [-0.4, -0.2) is 4.40 Å². The van der Waals surface area contributed by atoms with Gasteiger partial charge in [0.1, 0.15) is 11.2 Å². The highest BCUT2D eigenvalue weighted by atomic mass is 16.3. The Morgan fingerprint density at radius 3 is 1.46 bits per heavy atom. The van der Waals surface area contributed by atoms with Crippen LogP contribution < -0.4 is 0 Å². The molecule has 192 valence electrons. The van der Waals surface area contributed by atoms with E-state index in [2.05, 4.69) is 109 Å². The van der Waals surface area contributed by atoms with E-state index < -0.39 is 0 Å². The monoisotopic (exact) mass is 525 g/mol. The van der Waals surface area contributed by atoms with Gasteiger partial charge in [-0.3, -0.25) is 0 Å². The van der Waals surface area contributed by atoms with Crippen molar-refractivity contribution in [2.24, 2.45) is 0 Å². The third kappa shape index (κ3) is 2.55. The average molecular weight is 526 g/mol. The Balaban J connectivity index is 1.51. The van der Waals surface area contributed by atoms with Gasteiger partial charge in [0.25, 0.3) is 0 Å². The Morgan fingerprint density at radius 2 is 0.927 bits per heavy atom. The number of nitrogens with zero attached hydrogens (tertiary/aromatic N) is 1. The predicted octanol–water partition coefficient (Wildman–Crippen LogP) is 10.9. The van der Waals surface area contributed by atoms with Gasteiger partial charge >= 0.3 is 0 Å². The molecule has 41 heavy (non-hydrogen) atoms. The molecule has 0 spiro atoms. The van der Waals surface area contributed by atoms with Crippen LogP contribution >= 0.6 is 0 Å². The Bertz CT molecular complexity index is 2540. The van der Waals surface area contributed by atoms with Crippen LogP contribution in [0.1, 0.15) is 11.1 Å². The number of fused-ring (bicyclic) bond motifs is 14. The molecule has 0 aliphatic heterocycles. The Hall–Kier alpha value is -5.28. The number of aromatic nitrogens is 1. The minimum atomic E-state index is 0.907. The third-order valence-electron chi connectivity index (χ3n) is 9.17. The molecule has 6 aromatic carbocycles. The van der Waals surface area contributed by atoms with Crippen molar-refractivity contribution in [1.29, 1.82) is 0 Å². The topological polar surface area (TPSA) is 30.7 Å². The molecule has 10 aromatic rings. The molecule has 0 amide bonds. The van der Waals surface area contributed by atoms with E-state index in [9.17, 15) is 0 Å². The summed E-state index contributed by atoms with van der Waals surface area (Å²) in [7, 11) is 0. The van der Waals surface area contributed by atoms with Crippen molar-refractivity contribution in [3.8, 4) is 11.1 Å². The van der Waals surface area contributed by atoms with E-state index in [-0.39, 0.29) is 0 Å². The Kier molecular flexibility index (Phi) is 3.81. The fourth-order valence-corrected chi connectivity index (χ4v) is 7.46. The lowest BCUT2D eigenvalue weighted by Crippen LogP contribution is -1.88. The van der Waals surface area contributed by atoms with Gasteiger partial charge in [-0.2, -0.15) is 0 Å². The van der Waals surface area contributed by atoms with Crippen molar-refractivity contribution in [1.82, 2.24) is 4.40 Å². The normalized spacial score (nSPS) is 12.6. The molecule has 3 heteroatoms. The second-order valence-corrected chi connectivity index (χ2v) is 11.4. The summed E-state index contributed by atoms with van der Waals surface area (Å²) in [4.78, 5) is 0. The fourth-order valence-electron chi connectivity index (χ4n) is 7.46. The van der Waals surface area contributed by atoms with Crippen molar-refractivity contribution in [3.05, 3.63) is 114 Å². The van der Waals surface area contributed by atoms with Gasteiger partial charge in [0.05, 0.1) is 16.6 Å². The number of rotatable bonds is 1. The van der Waals surface area contributed by atoms with Gasteiger partial charge in [-0.15, -0.1) is 0 Å². The number of hydrogen-bond donors (Lipinski definition) is 0. The van der Waals surface area contributed by atoms with Gasteiger partial charge in [-0.05, 0) is 72.5 Å². The minimum absolute atomic E-state index is 0.907. The van der Waals surface area contributed by atoms with Crippen molar-refractivity contribution in [2.75, 3.05) is 0 Å². The maximum Gasteiger partial charge on any atom is 0.160 e. The molecule has 4 aromatic heterocycles. The van der Waals surface area contributed by atoms with Gasteiger partial charge in [0.2, 0.25) is 0 Å². The maximum absolute atomic E-state index is 6.65. The molecule has 3 nitrogen and oxygen atoms in total. The van der Waals surface area contributed by atoms with Gasteiger partial charge in [-0.25, -0.2) is 0 Å². The number of aryl methyl sites for hydroxylation is 2. The first-order chi connectivity index (χ1) is 20.2. The molecule has 0 fully saturated rings.